The minimum Gasteiger partial charge on any atom is -0.480 e. The van der Waals surface area contributed by atoms with E-state index in [4.69, 9.17) is 22.3 Å². The van der Waals surface area contributed by atoms with E-state index in [-0.39, 0.29) is 31.9 Å². The standard InChI is InChI=1S/C20H33N9O6/c21-12(9-30)16(31)27-13(3-1-5-25-20(22)23)17(32)28-14(7-11-8-24-10-26-11)18(33)29-6-2-4-15(29)19(34)35/h8,10,12-15,30H,1-7,9,21H2,(H,24,26)(H,27,31)(H,28,32)(H,34,35)(H4,22,23,25). The summed E-state index contributed by atoms with van der Waals surface area (Å²) in [5.74, 6) is -3.24. The lowest BCUT2D eigenvalue weighted by atomic mass is 10.1. The number of imidazole rings is 1. The Kier molecular flexibility index (Phi) is 10.4. The van der Waals surface area contributed by atoms with Crippen LogP contribution in [-0.4, -0.2) is 98.6 Å². The minimum absolute atomic E-state index is 0.0260. The summed E-state index contributed by atoms with van der Waals surface area (Å²) in [4.78, 5) is 62.1. The first kappa shape index (κ1) is 27.5. The maximum absolute atomic E-state index is 13.3. The van der Waals surface area contributed by atoms with Gasteiger partial charge in [-0.2, -0.15) is 0 Å². The number of nitrogens with zero attached hydrogens (tertiary/aromatic N) is 3. The molecule has 4 atom stereocenters. The van der Waals surface area contributed by atoms with Crippen molar-refractivity contribution in [3.63, 3.8) is 0 Å². The first-order valence-electron chi connectivity index (χ1n) is 11.2. The van der Waals surface area contributed by atoms with Crippen LogP contribution in [0.4, 0.5) is 0 Å². The molecule has 1 aliphatic rings. The maximum Gasteiger partial charge on any atom is 0.326 e. The van der Waals surface area contributed by atoms with Crippen LogP contribution >= 0.6 is 0 Å². The Hall–Kier alpha value is -3.72. The summed E-state index contributed by atoms with van der Waals surface area (Å²) in [5.41, 5.74) is 16.7. The molecule has 15 heteroatoms. The molecule has 1 aromatic rings. The number of carbonyl (C=O) groups excluding carboxylic acids is 3. The largest absolute Gasteiger partial charge is 0.480 e. The number of likely N-dealkylation sites (tertiary alicyclic amines) is 1. The summed E-state index contributed by atoms with van der Waals surface area (Å²) in [6.45, 7) is -0.186. The van der Waals surface area contributed by atoms with E-state index in [0.717, 1.165) is 0 Å². The van der Waals surface area contributed by atoms with E-state index in [9.17, 15) is 24.3 Å². The van der Waals surface area contributed by atoms with Crippen molar-refractivity contribution >= 4 is 29.7 Å². The topological polar surface area (TPSA) is 255 Å². The number of carbonyl (C=O) groups is 4. The van der Waals surface area contributed by atoms with Crippen LogP contribution < -0.4 is 27.8 Å². The number of hydrogen-bond donors (Lipinski definition) is 8. The third-order valence-corrected chi connectivity index (χ3v) is 5.53. The molecule has 35 heavy (non-hydrogen) atoms. The van der Waals surface area contributed by atoms with E-state index < -0.39 is 54.5 Å². The van der Waals surface area contributed by atoms with Crippen molar-refractivity contribution in [1.29, 1.82) is 0 Å². The average molecular weight is 496 g/mol. The molecule has 15 nitrogen and oxygen atoms in total. The molecule has 0 spiro atoms. The minimum atomic E-state index is -1.24. The lowest BCUT2D eigenvalue weighted by molar-refractivity contribution is -0.149. The van der Waals surface area contributed by atoms with Crippen molar-refractivity contribution in [2.45, 2.75) is 56.3 Å². The molecule has 3 amide bonds. The van der Waals surface area contributed by atoms with Gasteiger partial charge in [-0.25, -0.2) is 9.78 Å². The zero-order chi connectivity index (χ0) is 26.0. The zero-order valence-corrected chi connectivity index (χ0v) is 19.2. The Balaban J connectivity index is 2.20. The third kappa shape index (κ3) is 8.22. The van der Waals surface area contributed by atoms with Crippen LogP contribution in [0.1, 0.15) is 31.4 Å². The first-order valence-corrected chi connectivity index (χ1v) is 11.2. The molecule has 0 aliphatic carbocycles. The number of aliphatic hydroxyl groups is 1. The van der Waals surface area contributed by atoms with Crippen LogP contribution in [0.15, 0.2) is 17.5 Å². The number of aromatic nitrogens is 2. The van der Waals surface area contributed by atoms with E-state index >= 15 is 0 Å². The molecular formula is C20H33N9O6. The molecule has 194 valence electrons. The van der Waals surface area contributed by atoms with Crippen LogP contribution in [0.2, 0.25) is 0 Å². The van der Waals surface area contributed by atoms with Crippen molar-refractivity contribution in [2.75, 3.05) is 19.7 Å². The van der Waals surface area contributed by atoms with E-state index in [1.807, 2.05) is 0 Å². The Morgan fingerprint density at radius 2 is 1.94 bits per heavy atom. The van der Waals surface area contributed by atoms with Gasteiger partial charge in [0.05, 0.1) is 12.9 Å². The van der Waals surface area contributed by atoms with E-state index in [2.05, 4.69) is 25.6 Å². The summed E-state index contributed by atoms with van der Waals surface area (Å²) in [7, 11) is 0. The van der Waals surface area contributed by atoms with Crippen LogP contribution in [0.5, 0.6) is 0 Å². The Morgan fingerprint density at radius 1 is 1.23 bits per heavy atom. The van der Waals surface area contributed by atoms with Crippen molar-refractivity contribution in [1.82, 2.24) is 25.5 Å². The summed E-state index contributed by atoms with van der Waals surface area (Å²) >= 11 is 0. The predicted octanol–water partition coefficient (Wildman–Crippen LogP) is -3.63. The van der Waals surface area contributed by atoms with Crippen LogP contribution in [-0.2, 0) is 25.6 Å². The lowest BCUT2D eigenvalue weighted by Crippen LogP contribution is -2.58. The van der Waals surface area contributed by atoms with Crippen molar-refractivity contribution < 1.29 is 29.4 Å². The van der Waals surface area contributed by atoms with Gasteiger partial charge in [0, 0.05) is 31.4 Å². The van der Waals surface area contributed by atoms with Crippen molar-refractivity contribution in [2.24, 2.45) is 22.2 Å². The van der Waals surface area contributed by atoms with Gasteiger partial charge >= 0.3 is 5.97 Å². The number of aromatic amines is 1. The maximum atomic E-state index is 13.3. The molecule has 1 aliphatic heterocycles. The Labute approximate surface area is 201 Å². The number of nitrogens with one attached hydrogen (secondary N) is 3. The molecule has 0 radical (unpaired) electrons. The number of carboxylic acids is 1. The molecule has 1 aromatic heterocycles. The van der Waals surface area contributed by atoms with E-state index in [0.29, 0.717) is 25.0 Å². The van der Waals surface area contributed by atoms with Gasteiger partial charge in [-0.05, 0) is 25.7 Å². The zero-order valence-electron chi connectivity index (χ0n) is 19.2. The number of aliphatic hydroxyl groups excluding tert-OH is 1. The third-order valence-electron chi connectivity index (χ3n) is 5.53. The summed E-state index contributed by atoms with van der Waals surface area (Å²) in [6, 6.07) is -4.46. The molecule has 0 aromatic carbocycles. The highest BCUT2D eigenvalue weighted by Gasteiger charge is 2.38. The fourth-order valence-corrected chi connectivity index (χ4v) is 3.71. The van der Waals surface area contributed by atoms with Gasteiger partial charge in [0.1, 0.15) is 24.2 Å². The number of guanidine groups is 1. The number of aliphatic carboxylic acids is 1. The molecule has 4 unspecified atom stereocenters. The van der Waals surface area contributed by atoms with Gasteiger partial charge in [0.15, 0.2) is 5.96 Å². The first-order chi connectivity index (χ1) is 16.6. The lowest BCUT2D eigenvalue weighted by Gasteiger charge is -2.28. The number of amides is 3. The molecule has 0 saturated carbocycles. The number of H-pyrrole nitrogens is 1. The van der Waals surface area contributed by atoms with Crippen LogP contribution in [0, 0.1) is 0 Å². The van der Waals surface area contributed by atoms with Crippen LogP contribution in [0.3, 0.4) is 0 Å². The molecular weight excluding hydrogens is 462 g/mol. The van der Waals surface area contributed by atoms with Crippen LogP contribution in [0.25, 0.3) is 0 Å². The second-order valence-corrected chi connectivity index (χ2v) is 8.17. The van der Waals surface area contributed by atoms with E-state index in [1.165, 1.54) is 17.4 Å². The average Bonchev–Trinajstić information content (AvgIpc) is 3.51. The number of aliphatic imine (C=N–C) groups is 1. The van der Waals surface area contributed by atoms with Gasteiger partial charge < -0.3 is 47.9 Å². The van der Waals surface area contributed by atoms with Crippen molar-refractivity contribution in [3.05, 3.63) is 18.2 Å². The van der Waals surface area contributed by atoms with Gasteiger partial charge in [0.25, 0.3) is 0 Å². The van der Waals surface area contributed by atoms with Gasteiger partial charge in [-0.3, -0.25) is 19.4 Å². The number of carboxylic acid groups (broad SMARTS) is 1. The normalized spacial score (nSPS) is 17.8. The second kappa shape index (κ2) is 13.2. The highest BCUT2D eigenvalue weighted by atomic mass is 16.4. The quantitative estimate of drug-likeness (QED) is 0.0756. The smallest absolute Gasteiger partial charge is 0.326 e. The SMILES string of the molecule is NC(N)=NCCCC(NC(=O)C(N)CO)C(=O)NC(Cc1cnc[nH]1)C(=O)N1CCCC1C(=O)O. The Bertz CT molecular complexity index is 903. The summed E-state index contributed by atoms with van der Waals surface area (Å²) in [6.07, 6.45) is 4.19. The predicted molar refractivity (Wildman–Crippen MR) is 123 cm³/mol. The molecule has 0 bridgehead atoms. The summed E-state index contributed by atoms with van der Waals surface area (Å²) < 4.78 is 0. The molecule has 1 fully saturated rings. The fraction of sp³-hybridized carbons (Fsp3) is 0.600. The highest BCUT2D eigenvalue weighted by molar-refractivity contribution is 5.94. The van der Waals surface area contributed by atoms with Gasteiger partial charge in [0.2, 0.25) is 17.7 Å². The molecule has 11 N–H and O–H groups in total. The fourth-order valence-electron chi connectivity index (χ4n) is 3.71. The molecule has 2 rings (SSSR count). The molecule has 1 saturated heterocycles. The number of hydrogen-bond acceptors (Lipinski definition) is 8. The number of rotatable bonds is 13. The van der Waals surface area contributed by atoms with Gasteiger partial charge in [-0.1, -0.05) is 0 Å². The van der Waals surface area contributed by atoms with Crippen molar-refractivity contribution in [3.8, 4) is 0 Å². The van der Waals surface area contributed by atoms with Gasteiger partial charge in [-0.15, -0.1) is 0 Å². The number of nitrogens with two attached hydrogens (primary N) is 3. The summed E-state index contributed by atoms with van der Waals surface area (Å²) in [5, 5.41) is 23.7. The van der Waals surface area contributed by atoms with E-state index in [1.54, 1.807) is 0 Å². The monoisotopic (exact) mass is 495 g/mol. The highest BCUT2D eigenvalue weighted by Crippen LogP contribution is 2.19. The Morgan fingerprint density at radius 3 is 2.54 bits per heavy atom. The second-order valence-electron chi connectivity index (χ2n) is 8.17. The molecule has 2 heterocycles.